The van der Waals surface area contributed by atoms with E-state index in [1.165, 1.54) is 73.9 Å². The second kappa shape index (κ2) is 8.71. The molecule has 2 heterocycles. The molecule has 2 aliphatic carbocycles. The van der Waals surface area contributed by atoms with Crippen molar-refractivity contribution >= 4 is 23.7 Å². The summed E-state index contributed by atoms with van der Waals surface area (Å²) < 4.78 is 3.12. The highest BCUT2D eigenvalue weighted by Gasteiger charge is 2.35. The van der Waals surface area contributed by atoms with E-state index in [0.29, 0.717) is 11.3 Å². The smallest absolute Gasteiger partial charge is 0.307 e. The van der Waals surface area contributed by atoms with Crippen LogP contribution in [0.2, 0.25) is 0 Å². The summed E-state index contributed by atoms with van der Waals surface area (Å²) in [4.78, 5) is 17.9. The molecule has 164 valence electrons. The lowest BCUT2D eigenvalue weighted by Crippen LogP contribution is -2.62. The fraction of sp³-hybridized carbons (Fsp3) is 0.708. The molecular formula is C24H36N4OS. The molecule has 1 aromatic carbocycles. The number of nitrogens with one attached hydrogen (secondary N) is 2. The summed E-state index contributed by atoms with van der Waals surface area (Å²) in [5, 5.41) is 3.78. The quantitative estimate of drug-likeness (QED) is 0.696. The predicted octanol–water partition coefficient (Wildman–Crippen LogP) is 3.99. The van der Waals surface area contributed by atoms with Crippen molar-refractivity contribution in [1.82, 2.24) is 14.5 Å². The summed E-state index contributed by atoms with van der Waals surface area (Å²) in [7, 11) is 0. The molecule has 0 spiro atoms. The number of hydrogen-bond donors (Lipinski definition) is 2. The van der Waals surface area contributed by atoms with Crippen LogP contribution in [0.25, 0.3) is 0 Å². The van der Waals surface area contributed by atoms with E-state index in [1.54, 1.807) is 11.9 Å². The summed E-state index contributed by atoms with van der Waals surface area (Å²) in [6.45, 7) is 9.35. The van der Waals surface area contributed by atoms with Gasteiger partial charge in [0.15, 0.2) is 0 Å². The van der Waals surface area contributed by atoms with Crippen molar-refractivity contribution in [1.29, 1.82) is 0 Å². The van der Waals surface area contributed by atoms with Gasteiger partial charge in [-0.25, -0.2) is 4.79 Å². The van der Waals surface area contributed by atoms with Crippen molar-refractivity contribution in [3.63, 3.8) is 0 Å². The maximum atomic E-state index is 12.7. The Balaban J connectivity index is 1.10. The fourth-order valence-electron chi connectivity index (χ4n) is 5.74. The van der Waals surface area contributed by atoms with E-state index in [1.807, 2.05) is 0 Å². The normalized spacial score (nSPS) is 22.8. The van der Waals surface area contributed by atoms with Crippen LogP contribution in [0.5, 0.6) is 0 Å². The van der Waals surface area contributed by atoms with Crippen LogP contribution in [-0.4, -0.2) is 59.3 Å². The van der Waals surface area contributed by atoms with Crippen LogP contribution in [-0.2, 0) is 25.7 Å². The second-order valence-corrected chi connectivity index (χ2v) is 11.0. The van der Waals surface area contributed by atoms with E-state index in [9.17, 15) is 4.79 Å². The maximum absolute atomic E-state index is 12.7. The molecule has 2 saturated heterocycles. The van der Waals surface area contributed by atoms with Crippen molar-refractivity contribution in [3.8, 4) is 0 Å². The van der Waals surface area contributed by atoms with Gasteiger partial charge in [-0.05, 0) is 113 Å². The average Bonchev–Trinajstić information content (AvgIpc) is 3.35. The Morgan fingerprint density at radius 1 is 1.03 bits per heavy atom. The molecule has 0 aromatic heterocycles. The number of piperidine rings is 1. The number of hydrogen-bond acceptors (Lipinski definition) is 4. The Kier molecular flexibility index (Phi) is 6.00. The molecule has 6 heteroatoms. The fourth-order valence-corrected chi connectivity index (χ4v) is 6.51. The molecule has 1 aromatic rings. The number of carbonyl (C=O) groups excluding carboxylic acids is 1. The van der Waals surface area contributed by atoms with Gasteiger partial charge in [0.1, 0.15) is 0 Å². The van der Waals surface area contributed by atoms with Crippen LogP contribution < -0.4 is 10.0 Å². The molecule has 2 fully saturated rings. The molecule has 0 bridgehead atoms. The van der Waals surface area contributed by atoms with Gasteiger partial charge in [0.2, 0.25) is 0 Å². The number of aryl methyl sites for hydroxylation is 2. The van der Waals surface area contributed by atoms with Crippen LogP contribution in [0.15, 0.2) is 6.07 Å². The average molecular weight is 429 g/mol. The van der Waals surface area contributed by atoms with E-state index in [2.05, 4.69) is 39.8 Å². The molecule has 2 N–H and O–H groups in total. The maximum Gasteiger partial charge on any atom is 0.329 e. The number of likely N-dealkylation sites (tertiary alicyclic amines) is 2. The SMILES string of the molecule is CC(C)N1CC(N2CCC(SNC(=O)Nc3c4c(cc5c3CCC5)CCC4)CC2)C1. The number of benzene rings is 1. The third-order valence-electron chi connectivity index (χ3n) is 7.64. The molecule has 30 heavy (non-hydrogen) atoms. The minimum Gasteiger partial charge on any atom is -0.307 e. The predicted molar refractivity (Wildman–Crippen MR) is 125 cm³/mol. The summed E-state index contributed by atoms with van der Waals surface area (Å²) in [6, 6.07) is 3.79. The standard InChI is InChI=1S/C24H36N4OS/c1-16(2)28-14-19(15-28)27-11-9-20(10-12-27)30-26-24(29)25-23-21-7-3-5-17(21)13-18-6-4-8-22(18)23/h13,16,19-20H,3-12,14-15H2,1-2H3,(H2,25,26,29). The second-order valence-electron chi connectivity index (χ2n) is 9.84. The number of rotatable bonds is 5. The largest absolute Gasteiger partial charge is 0.329 e. The van der Waals surface area contributed by atoms with Gasteiger partial charge in [-0.1, -0.05) is 6.07 Å². The monoisotopic (exact) mass is 428 g/mol. The third-order valence-corrected chi connectivity index (χ3v) is 8.75. The van der Waals surface area contributed by atoms with Crippen LogP contribution in [0, 0.1) is 0 Å². The number of anilines is 1. The van der Waals surface area contributed by atoms with Gasteiger partial charge < -0.3 is 5.32 Å². The molecular weight excluding hydrogens is 392 g/mol. The van der Waals surface area contributed by atoms with E-state index < -0.39 is 0 Å². The molecule has 5 nitrogen and oxygen atoms in total. The minimum atomic E-state index is -0.0385. The van der Waals surface area contributed by atoms with Crippen LogP contribution in [0.1, 0.15) is 61.8 Å². The Labute approximate surface area is 185 Å². The number of nitrogens with zero attached hydrogens (tertiary/aromatic N) is 2. The number of urea groups is 1. The van der Waals surface area contributed by atoms with Crippen molar-refractivity contribution in [2.24, 2.45) is 0 Å². The molecule has 0 atom stereocenters. The lowest BCUT2D eigenvalue weighted by Gasteiger charge is -2.49. The third kappa shape index (κ3) is 4.11. The van der Waals surface area contributed by atoms with E-state index in [4.69, 9.17) is 0 Å². The van der Waals surface area contributed by atoms with Crippen LogP contribution >= 0.6 is 11.9 Å². The van der Waals surface area contributed by atoms with Gasteiger partial charge in [0.05, 0.1) is 0 Å². The number of amides is 2. The van der Waals surface area contributed by atoms with Gasteiger partial charge in [-0.3, -0.25) is 14.5 Å². The Hall–Kier alpha value is -1.24. The van der Waals surface area contributed by atoms with E-state index in [-0.39, 0.29) is 6.03 Å². The van der Waals surface area contributed by atoms with Gasteiger partial charge in [0, 0.05) is 36.1 Å². The molecule has 0 radical (unpaired) electrons. The molecule has 5 rings (SSSR count). The first-order valence-corrected chi connectivity index (χ1v) is 12.8. The highest BCUT2D eigenvalue weighted by molar-refractivity contribution is 7.98. The zero-order valence-corrected chi connectivity index (χ0v) is 19.3. The Morgan fingerprint density at radius 2 is 1.67 bits per heavy atom. The van der Waals surface area contributed by atoms with Crippen molar-refractivity contribution in [2.45, 2.75) is 82.5 Å². The first-order chi connectivity index (χ1) is 14.6. The van der Waals surface area contributed by atoms with Gasteiger partial charge >= 0.3 is 6.03 Å². The Morgan fingerprint density at radius 3 is 2.27 bits per heavy atom. The number of fused-ring (bicyclic) bond motifs is 2. The molecule has 2 aliphatic heterocycles. The first-order valence-electron chi connectivity index (χ1n) is 12.0. The first kappa shape index (κ1) is 20.7. The van der Waals surface area contributed by atoms with Crippen molar-refractivity contribution in [2.75, 3.05) is 31.5 Å². The lowest BCUT2D eigenvalue weighted by atomic mass is 9.99. The molecule has 2 amide bonds. The molecule has 4 aliphatic rings. The van der Waals surface area contributed by atoms with Crippen LogP contribution in [0.3, 0.4) is 0 Å². The van der Waals surface area contributed by atoms with E-state index >= 15 is 0 Å². The summed E-state index contributed by atoms with van der Waals surface area (Å²) in [5.41, 5.74) is 6.89. The van der Waals surface area contributed by atoms with E-state index in [0.717, 1.165) is 37.7 Å². The zero-order valence-electron chi connectivity index (χ0n) is 18.5. The summed E-state index contributed by atoms with van der Waals surface area (Å²) >= 11 is 1.64. The molecule has 0 unspecified atom stereocenters. The topological polar surface area (TPSA) is 47.6 Å². The summed E-state index contributed by atoms with van der Waals surface area (Å²) in [6.07, 6.45) is 9.33. The minimum absolute atomic E-state index is 0.0385. The molecule has 0 saturated carbocycles. The lowest BCUT2D eigenvalue weighted by molar-refractivity contribution is 0.00609. The highest BCUT2D eigenvalue weighted by Crippen LogP contribution is 2.38. The van der Waals surface area contributed by atoms with Crippen molar-refractivity contribution in [3.05, 3.63) is 28.3 Å². The van der Waals surface area contributed by atoms with Gasteiger partial charge in [-0.2, -0.15) is 0 Å². The zero-order chi connectivity index (χ0) is 20.7. The number of carbonyl (C=O) groups is 1. The Bertz CT molecular complexity index is 765. The van der Waals surface area contributed by atoms with Crippen molar-refractivity contribution < 1.29 is 4.79 Å². The highest BCUT2D eigenvalue weighted by atomic mass is 32.2. The summed E-state index contributed by atoms with van der Waals surface area (Å²) in [5.74, 6) is 0. The van der Waals surface area contributed by atoms with Gasteiger partial charge in [-0.15, -0.1) is 0 Å². The van der Waals surface area contributed by atoms with Gasteiger partial charge in [0.25, 0.3) is 0 Å². The van der Waals surface area contributed by atoms with Crippen LogP contribution in [0.4, 0.5) is 10.5 Å².